The van der Waals surface area contributed by atoms with E-state index in [-0.39, 0.29) is 0 Å². The van der Waals surface area contributed by atoms with E-state index < -0.39 is 0 Å². The van der Waals surface area contributed by atoms with Crippen molar-refractivity contribution in [1.29, 1.82) is 0 Å². The highest BCUT2D eigenvalue weighted by atomic mass is 32.2. The lowest BCUT2D eigenvalue weighted by atomic mass is 10.2. The number of nitrogens with one attached hydrogen (secondary N) is 1. The Hall–Kier alpha value is -0.910. The Kier molecular flexibility index (Phi) is 6.84. The third kappa shape index (κ3) is 6.41. The Morgan fingerprint density at radius 3 is 2.53 bits per heavy atom. The number of benzene rings is 1. The van der Waals surface area contributed by atoms with Crippen molar-refractivity contribution in [1.82, 2.24) is 5.32 Å². The van der Waals surface area contributed by atoms with Gasteiger partial charge in [0.2, 0.25) is 0 Å². The molecule has 0 bridgehead atoms. The van der Waals surface area contributed by atoms with Crippen LogP contribution < -0.4 is 5.32 Å². The van der Waals surface area contributed by atoms with Crippen LogP contribution in [-0.4, -0.2) is 11.8 Å². The molecule has 0 fully saturated rings. The van der Waals surface area contributed by atoms with Gasteiger partial charge < -0.3 is 5.32 Å². The van der Waals surface area contributed by atoms with Crippen molar-refractivity contribution < 1.29 is 0 Å². The summed E-state index contributed by atoms with van der Waals surface area (Å²) in [6.07, 6.45) is 0.970. The van der Waals surface area contributed by atoms with E-state index in [2.05, 4.69) is 55.3 Å². The minimum atomic E-state index is 0.539. The van der Waals surface area contributed by atoms with Gasteiger partial charge in [-0.05, 0) is 24.6 Å². The van der Waals surface area contributed by atoms with Crippen molar-refractivity contribution in [2.45, 2.75) is 44.7 Å². The molecule has 0 saturated carbocycles. The molecule has 0 amide bonds. The van der Waals surface area contributed by atoms with E-state index in [4.69, 9.17) is 0 Å². The smallest absolute Gasteiger partial charge is 0.0207 e. The summed E-state index contributed by atoms with van der Waals surface area (Å²) in [6.45, 7) is 7.17. The third-order valence-corrected chi connectivity index (χ3v) is 3.32. The number of hydrogen-bond acceptors (Lipinski definition) is 2. The fourth-order valence-corrected chi connectivity index (χ4v) is 2.14. The summed E-state index contributed by atoms with van der Waals surface area (Å²) in [4.78, 5) is 1.33. The molecule has 1 aromatic carbocycles. The van der Waals surface area contributed by atoms with E-state index in [0.29, 0.717) is 6.04 Å². The Morgan fingerprint density at radius 2 is 1.94 bits per heavy atom. The van der Waals surface area contributed by atoms with Gasteiger partial charge in [0, 0.05) is 29.7 Å². The lowest BCUT2D eigenvalue weighted by molar-refractivity contribution is 0.588. The standard InChI is InChI=1S/C15H21NS/c1-4-5-6-11-17-15-9-7-14(8-10-15)12-16-13(2)3/h7-10,13,16H,6,11-12H2,1-3H3. The van der Waals surface area contributed by atoms with Gasteiger partial charge in [-0.25, -0.2) is 0 Å². The highest BCUT2D eigenvalue weighted by Crippen LogP contribution is 2.19. The van der Waals surface area contributed by atoms with Gasteiger partial charge >= 0.3 is 0 Å². The quantitative estimate of drug-likeness (QED) is 0.467. The van der Waals surface area contributed by atoms with Crippen molar-refractivity contribution >= 4 is 11.8 Å². The van der Waals surface area contributed by atoms with Crippen molar-refractivity contribution in [3.8, 4) is 11.8 Å². The maximum Gasteiger partial charge on any atom is 0.0207 e. The maximum absolute atomic E-state index is 3.42. The molecule has 0 heterocycles. The predicted molar refractivity (Wildman–Crippen MR) is 77.2 cm³/mol. The number of rotatable bonds is 6. The van der Waals surface area contributed by atoms with Crippen molar-refractivity contribution in [2.75, 3.05) is 5.75 Å². The molecule has 1 N–H and O–H groups in total. The lowest BCUT2D eigenvalue weighted by Gasteiger charge is -2.08. The molecule has 1 aromatic rings. The van der Waals surface area contributed by atoms with E-state index in [1.807, 2.05) is 18.7 Å². The van der Waals surface area contributed by atoms with Gasteiger partial charge in [0.05, 0.1) is 0 Å². The van der Waals surface area contributed by atoms with E-state index in [1.54, 1.807) is 0 Å². The van der Waals surface area contributed by atoms with Crippen molar-refractivity contribution in [2.24, 2.45) is 0 Å². The van der Waals surface area contributed by atoms with Crippen LogP contribution in [0.3, 0.4) is 0 Å². The largest absolute Gasteiger partial charge is 0.310 e. The average Bonchev–Trinajstić information content (AvgIpc) is 2.33. The molecule has 2 heteroatoms. The van der Waals surface area contributed by atoms with E-state index >= 15 is 0 Å². The molecule has 17 heavy (non-hydrogen) atoms. The minimum Gasteiger partial charge on any atom is -0.310 e. The van der Waals surface area contributed by atoms with Crippen LogP contribution in [0.5, 0.6) is 0 Å². The second-order valence-electron chi connectivity index (χ2n) is 4.20. The highest BCUT2D eigenvalue weighted by Gasteiger charge is 1.96. The van der Waals surface area contributed by atoms with Crippen molar-refractivity contribution in [3.05, 3.63) is 29.8 Å². The van der Waals surface area contributed by atoms with Crippen LogP contribution in [0, 0.1) is 11.8 Å². The molecule has 0 aliphatic rings. The Morgan fingerprint density at radius 1 is 1.24 bits per heavy atom. The zero-order valence-electron chi connectivity index (χ0n) is 10.9. The summed E-state index contributed by atoms with van der Waals surface area (Å²) >= 11 is 1.87. The second-order valence-corrected chi connectivity index (χ2v) is 5.37. The normalized spacial score (nSPS) is 10.1. The summed E-state index contributed by atoms with van der Waals surface area (Å²) in [5, 5.41) is 3.42. The van der Waals surface area contributed by atoms with Gasteiger partial charge in [0.15, 0.2) is 0 Å². The van der Waals surface area contributed by atoms with Crippen LogP contribution in [0.15, 0.2) is 29.2 Å². The topological polar surface area (TPSA) is 12.0 Å². The molecule has 0 atom stereocenters. The molecule has 0 radical (unpaired) electrons. The van der Waals surface area contributed by atoms with Crippen LogP contribution in [0.25, 0.3) is 0 Å². The van der Waals surface area contributed by atoms with Gasteiger partial charge in [-0.2, -0.15) is 0 Å². The van der Waals surface area contributed by atoms with Gasteiger partial charge in [-0.3, -0.25) is 0 Å². The van der Waals surface area contributed by atoms with E-state index in [1.165, 1.54) is 10.5 Å². The summed E-state index contributed by atoms with van der Waals surface area (Å²) in [5.74, 6) is 7.07. The SMILES string of the molecule is CC#CCCSc1ccc(CNC(C)C)cc1. The van der Waals surface area contributed by atoms with Gasteiger partial charge in [-0.1, -0.05) is 26.0 Å². The highest BCUT2D eigenvalue weighted by molar-refractivity contribution is 7.99. The fourth-order valence-electron chi connectivity index (χ4n) is 1.37. The van der Waals surface area contributed by atoms with Crippen LogP contribution in [-0.2, 0) is 6.54 Å². The summed E-state index contributed by atoms with van der Waals surface area (Å²) in [6, 6.07) is 9.33. The minimum absolute atomic E-state index is 0.539. The molecule has 0 aliphatic heterocycles. The molecule has 0 unspecified atom stereocenters. The van der Waals surface area contributed by atoms with E-state index in [0.717, 1.165) is 18.7 Å². The fraction of sp³-hybridized carbons (Fsp3) is 0.467. The third-order valence-electron chi connectivity index (χ3n) is 2.31. The first-order valence-electron chi connectivity index (χ1n) is 6.07. The van der Waals surface area contributed by atoms with Gasteiger partial charge in [0.1, 0.15) is 0 Å². The Balaban J connectivity index is 2.35. The van der Waals surface area contributed by atoms with Gasteiger partial charge in [-0.15, -0.1) is 23.6 Å². The Labute approximate surface area is 109 Å². The average molecular weight is 247 g/mol. The summed E-state index contributed by atoms with van der Waals surface area (Å²) in [5.41, 5.74) is 1.34. The molecule has 0 aliphatic carbocycles. The second kappa shape index (κ2) is 8.22. The van der Waals surface area contributed by atoms with Gasteiger partial charge in [0.25, 0.3) is 0 Å². The zero-order valence-corrected chi connectivity index (χ0v) is 11.7. The lowest BCUT2D eigenvalue weighted by Crippen LogP contribution is -2.21. The molecule has 1 nitrogen and oxygen atoms in total. The maximum atomic E-state index is 3.42. The first-order valence-corrected chi connectivity index (χ1v) is 7.05. The molecule has 92 valence electrons. The molecule has 1 rings (SSSR count). The summed E-state index contributed by atoms with van der Waals surface area (Å²) in [7, 11) is 0. The molecule has 0 aromatic heterocycles. The first-order chi connectivity index (χ1) is 8.22. The summed E-state index contributed by atoms with van der Waals surface area (Å²) < 4.78 is 0. The van der Waals surface area contributed by atoms with Crippen LogP contribution >= 0.6 is 11.8 Å². The number of thioether (sulfide) groups is 1. The monoisotopic (exact) mass is 247 g/mol. The van der Waals surface area contributed by atoms with Crippen LogP contribution in [0.4, 0.5) is 0 Å². The zero-order chi connectivity index (χ0) is 12.5. The van der Waals surface area contributed by atoms with Crippen molar-refractivity contribution in [3.63, 3.8) is 0 Å². The molecular formula is C15H21NS. The predicted octanol–water partition coefficient (Wildman–Crippen LogP) is 3.69. The number of hydrogen-bond donors (Lipinski definition) is 1. The molecule has 0 saturated heterocycles. The van der Waals surface area contributed by atoms with Crippen LogP contribution in [0.2, 0.25) is 0 Å². The van der Waals surface area contributed by atoms with E-state index in [9.17, 15) is 0 Å². The van der Waals surface area contributed by atoms with Crippen LogP contribution in [0.1, 0.15) is 32.8 Å². The molecular weight excluding hydrogens is 226 g/mol. The Bertz CT molecular complexity index is 370. The molecule has 0 spiro atoms. The first kappa shape index (κ1) is 14.2.